The van der Waals surface area contributed by atoms with Gasteiger partial charge in [0.15, 0.2) is 11.6 Å². The van der Waals surface area contributed by atoms with Crippen molar-refractivity contribution in [3.8, 4) is 0 Å². The molecule has 0 bridgehead atoms. The maximum atomic E-state index is 13.1. The molecular formula is C14H19F2NO. The molecule has 1 aliphatic carbocycles. The predicted octanol–water partition coefficient (Wildman–Crippen LogP) is 2.75. The molecule has 4 heteroatoms. The average molecular weight is 255 g/mol. The average Bonchev–Trinajstić information content (AvgIpc) is 2.41. The van der Waals surface area contributed by atoms with Crippen LogP contribution in [0.25, 0.3) is 0 Å². The van der Waals surface area contributed by atoms with Crippen molar-refractivity contribution >= 4 is 0 Å². The summed E-state index contributed by atoms with van der Waals surface area (Å²) >= 11 is 0. The van der Waals surface area contributed by atoms with Gasteiger partial charge in [0.2, 0.25) is 0 Å². The summed E-state index contributed by atoms with van der Waals surface area (Å²) in [5, 5.41) is 12.8. The molecule has 0 unspecified atom stereocenters. The van der Waals surface area contributed by atoms with E-state index in [0.717, 1.165) is 31.7 Å². The molecule has 18 heavy (non-hydrogen) atoms. The van der Waals surface area contributed by atoms with Gasteiger partial charge < -0.3 is 10.4 Å². The third-order valence-electron chi connectivity index (χ3n) is 3.76. The standard InChI is InChI=1S/C14H19F2NO/c15-12-5-4-11(8-13(12)16)9-17-14(10-18)6-2-1-3-7-14/h4-5,8,17-18H,1-3,6-7,9-10H2. The normalized spacial score (nSPS) is 18.8. The third kappa shape index (κ3) is 3.06. The van der Waals surface area contributed by atoms with Crippen molar-refractivity contribution in [3.05, 3.63) is 35.4 Å². The van der Waals surface area contributed by atoms with Gasteiger partial charge in [0.05, 0.1) is 6.61 Å². The molecule has 2 nitrogen and oxygen atoms in total. The van der Waals surface area contributed by atoms with Crippen LogP contribution in [0.5, 0.6) is 0 Å². The maximum Gasteiger partial charge on any atom is 0.159 e. The number of hydrogen-bond acceptors (Lipinski definition) is 2. The molecule has 1 aromatic carbocycles. The molecule has 1 fully saturated rings. The highest BCUT2D eigenvalue weighted by Gasteiger charge is 2.30. The summed E-state index contributed by atoms with van der Waals surface area (Å²) in [6.07, 6.45) is 5.28. The summed E-state index contributed by atoms with van der Waals surface area (Å²) < 4.78 is 25.9. The number of halogens is 2. The van der Waals surface area contributed by atoms with Crippen molar-refractivity contribution in [2.24, 2.45) is 0 Å². The fourth-order valence-corrected chi connectivity index (χ4v) is 2.56. The van der Waals surface area contributed by atoms with Gasteiger partial charge in [0.1, 0.15) is 0 Å². The van der Waals surface area contributed by atoms with E-state index >= 15 is 0 Å². The lowest BCUT2D eigenvalue weighted by molar-refractivity contribution is 0.119. The maximum absolute atomic E-state index is 13.1. The van der Waals surface area contributed by atoms with Gasteiger partial charge in [-0.1, -0.05) is 25.3 Å². The summed E-state index contributed by atoms with van der Waals surface area (Å²) in [5.74, 6) is -1.65. The van der Waals surface area contributed by atoms with Crippen LogP contribution < -0.4 is 5.32 Å². The Kier molecular flexibility index (Phi) is 4.30. The van der Waals surface area contributed by atoms with E-state index in [9.17, 15) is 13.9 Å². The zero-order valence-electron chi connectivity index (χ0n) is 10.4. The molecule has 0 amide bonds. The van der Waals surface area contributed by atoms with E-state index in [0.29, 0.717) is 12.1 Å². The Morgan fingerprint density at radius 2 is 1.83 bits per heavy atom. The summed E-state index contributed by atoms with van der Waals surface area (Å²) in [5.41, 5.74) is 0.454. The van der Waals surface area contributed by atoms with Crippen molar-refractivity contribution in [2.75, 3.05) is 6.61 Å². The van der Waals surface area contributed by atoms with Gasteiger partial charge in [-0.15, -0.1) is 0 Å². The summed E-state index contributed by atoms with van der Waals surface area (Å²) in [6.45, 7) is 0.550. The molecule has 1 aromatic rings. The molecular weight excluding hydrogens is 236 g/mol. The Balaban J connectivity index is 1.98. The van der Waals surface area contributed by atoms with Crippen LogP contribution in [0.4, 0.5) is 8.78 Å². The van der Waals surface area contributed by atoms with E-state index in [1.807, 2.05) is 0 Å². The number of aliphatic hydroxyl groups excluding tert-OH is 1. The summed E-state index contributed by atoms with van der Waals surface area (Å²) in [4.78, 5) is 0. The molecule has 0 saturated heterocycles. The quantitative estimate of drug-likeness (QED) is 0.867. The lowest BCUT2D eigenvalue weighted by Gasteiger charge is -2.36. The smallest absolute Gasteiger partial charge is 0.159 e. The Labute approximate surface area is 106 Å². The second-order valence-electron chi connectivity index (χ2n) is 5.10. The number of nitrogens with one attached hydrogen (secondary N) is 1. The van der Waals surface area contributed by atoms with Crippen molar-refractivity contribution in [2.45, 2.75) is 44.2 Å². The van der Waals surface area contributed by atoms with E-state index in [2.05, 4.69) is 5.32 Å². The van der Waals surface area contributed by atoms with Crippen molar-refractivity contribution in [3.63, 3.8) is 0 Å². The molecule has 2 rings (SSSR count). The highest BCUT2D eigenvalue weighted by Crippen LogP contribution is 2.28. The zero-order valence-corrected chi connectivity index (χ0v) is 10.4. The Morgan fingerprint density at radius 1 is 1.11 bits per heavy atom. The second-order valence-corrected chi connectivity index (χ2v) is 5.10. The van der Waals surface area contributed by atoms with Crippen LogP contribution in [0, 0.1) is 11.6 Å². The Hall–Kier alpha value is -1.00. The topological polar surface area (TPSA) is 32.3 Å². The minimum absolute atomic E-state index is 0.0939. The highest BCUT2D eigenvalue weighted by molar-refractivity contribution is 5.18. The molecule has 0 aliphatic heterocycles. The molecule has 2 N–H and O–H groups in total. The monoisotopic (exact) mass is 255 g/mol. The van der Waals surface area contributed by atoms with E-state index < -0.39 is 11.6 Å². The zero-order chi connectivity index (χ0) is 13.0. The first-order valence-electron chi connectivity index (χ1n) is 6.45. The number of aliphatic hydroxyl groups is 1. The number of benzene rings is 1. The molecule has 0 radical (unpaired) electrons. The molecule has 0 atom stereocenters. The van der Waals surface area contributed by atoms with Crippen molar-refractivity contribution < 1.29 is 13.9 Å². The molecule has 0 heterocycles. The summed E-state index contributed by atoms with van der Waals surface area (Å²) in [7, 11) is 0. The molecule has 1 saturated carbocycles. The Bertz CT molecular complexity index is 403. The molecule has 0 spiro atoms. The van der Waals surface area contributed by atoms with Gasteiger partial charge in [-0.2, -0.15) is 0 Å². The first-order valence-corrected chi connectivity index (χ1v) is 6.45. The van der Waals surface area contributed by atoms with E-state index in [1.54, 1.807) is 6.07 Å². The number of rotatable bonds is 4. The van der Waals surface area contributed by atoms with Crippen LogP contribution in [-0.4, -0.2) is 17.3 Å². The first kappa shape index (κ1) is 13.4. The van der Waals surface area contributed by atoms with Crippen LogP contribution in [0.15, 0.2) is 18.2 Å². The van der Waals surface area contributed by atoms with Gasteiger partial charge in [-0.05, 0) is 30.5 Å². The molecule has 100 valence electrons. The van der Waals surface area contributed by atoms with E-state index in [4.69, 9.17) is 0 Å². The van der Waals surface area contributed by atoms with Crippen LogP contribution in [0.3, 0.4) is 0 Å². The second kappa shape index (κ2) is 5.76. The van der Waals surface area contributed by atoms with E-state index in [1.165, 1.54) is 12.5 Å². The molecule has 0 aromatic heterocycles. The minimum atomic E-state index is -0.826. The largest absolute Gasteiger partial charge is 0.394 e. The lowest BCUT2D eigenvalue weighted by atomic mass is 9.82. The van der Waals surface area contributed by atoms with Crippen molar-refractivity contribution in [1.82, 2.24) is 5.32 Å². The van der Waals surface area contributed by atoms with Gasteiger partial charge in [0.25, 0.3) is 0 Å². The third-order valence-corrected chi connectivity index (χ3v) is 3.76. The number of hydrogen-bond donors (Lipinski definition) is 2. The van der Waals surface area contributed by atoms with Crippen LogP contribution in [-0.2, 0) is 6.54 Å². The Morgan fingerprint density at radius 3 is 2.44 bits per heavy atom. The molecule has 1 aliphatic rings. The van der Waals surface area contributed by atoms with Crippen LogP contribution >= 0.6 is 0 Å². The SMILES string of the molecule is OCC1(NCc2ccc(F)c(F)c2)CCCCC1. The highest BCUT2D eigenvalue weighted by atomic mass is 19.2. The fourth-order valence-electron chi connectivity index (χ4n) is 2.56. The van der Waals surface area contributed by atoms with E-state index in [-0.39, 0.29) is 12.1 Å². The van der Waals surface area contributed by atoms with Crippen LogP contribution in [0.1, 0.15) is 37.7 Å². The minimum Gasteiger partial charge on any atom is -0.394 e. The van der Waals surface area contributed by atoms with Crippen molar-refractivity contribution in [1.29, 1.82) is 0 Å². The lowest BCUT2D eigenvalue weighted by Crippen LogP contribution is -2.49. The van der Waals surface area contributed by atoms with Gasteiger partial charge in [-0.25, -0.2) is 8.78 Å². The van der Waals surface area contributed by atoms with Gasteiger partial charge >= 0.3 is 0 Å². The predicted molar refractivity (Wildman–Crippen MR) is 66.1 cm³/mol. The summed E-state index contributed by atoms with van der Waals surface area (Å²) in [6, 6.07) is 3.91. The van der Waals surface area contributed by atoms with Gasteiger partial charge in [-0.3, -0.25) is 0 Å². The van der Waals surface area contributed by atoms with Crippen LogP contribution in [0.2, 0.25) is 0 Å². The van der Waals surface area contributed by atoms with Gasteiger partial charge in [0, 0.05) is 12.1 Å². The first-order chi connectivity index (χ1) is 8.65. The fraction of sp³-hybridized carbons (Fsp3) is 0.571.